The number of hydrogen-bond acceptors (Lipinski definition) is 6. The number of nitro groups is 1. The lowest BCUT2D eigenvalue weighted by atomic mass is 10.2. The van der Waals surface area contributed by atoms with Crippen molar-refractivity contribution in [3.63, 3.8) is 0 Å². The molecular weight excluding hydrogens is 338 g/mol. The van der Waals surface area contributed by atoms with Crippen molar-refractivity contribution in [2.75, 3.05) is 0 Å². The van der Waals surface area contributed by atoms with Crippen LogP contribution in [-0.4, -0.2) is 35.4 Å². The van der Waals surface area contributed by atoms with Crippen LogP contribution in [0.1, 0.15) is 19.8 Å². The highest BCUT2D eigenvalue weighted by molar-refractivity contribution is 7.89. The van der Waals surface area contributed by atoms with Gasteiger partial charge in [0.15, 0.2) is 0 Å². The number of nitro benzene ring substituents is 1. The molecule has 0 radical (unpaired) electrons. The molecule has 0 aliphatic carbocycles. The standard InChI is InChI=1S/C14H15N3O6S/c1-2-4-10(14(18)19)16-24(22,23)12-7-6-11(17(20)21)9-5-3-8-15-13(9)12/h3,5-8,10,16H,2,4H2,1H3,(H,18,19). The number of benzene rings is 1. The Morgan fingerprint density at radius 2 is 2.12 bits per heavy atom. The van der Waals surface area contributed by atoms with Gasteiger partial charge >= 0.3 is 5.97 Å². The van der Waals surface area contributed by atoms with Crippen LogP contribution in [0.3, 0.4) is 0 Å². The van der Waals surface area contributed by atoms with Crippen molar-refractivity contribution in [2.45, 2.75) is 30.7 Å². The second-order valence-corrected chi connectivity index (χ2v) is 6.72. The fraction of sp³-hybridized carbons (Fsp3) is 0.286. The number of sulfonamides is 1. The summed E-state index contributed by atoms with van der Waals surface area (Å²) in [6.07, 6.45) is 1.90. The average molecular weight is 353 g/mol. The molecule has 0 amide bonds. The van der Waals surface area contributed by atoms with Gasteiger partial charge in [-0.3, -0.25) is 19.9 Å². The first-order chi connectivity index (χ1) is 11.3. The maximum absolute atomic E-state index is 12.5. The first-order valence-electron chi connectivity index (χ1n) is 7.05. The summed E-state index contributed by atoms with van der Waals surface area (Å²) in [7, 11) is -4.21. The summed E-state index contributed by atoms with van der Waals surface area (Å²) in [6.45, 7) is 1.73. The molecule has 10 heteroatoms. The fourth-order valence-corrected chi connectivity index (χ4v) is 3.66. The topological polar surface area (TPSA) is 140 Å². The van der Waals surface area contributed by atoms with E-state index in [4.69, 9.17) is 5.11 Å². The molecule has 24 heavy (non-hydrogen) atoms. The van der Waals surface area contributed by atoms with Crippen LogP contribution in [0.5, 0.6) is 0 Å². The normalized spacial score (nSPS) is 12.9. The minimum Gasteiger partial charge on any atom is -0.480 e. The summed E-state index contributed by atoms with van der Waals surface area (Å²) in [4.78, 5) is 25.2. The van der Waals surface area contributed by atoms with Crippen LogP contribution in [0.2, 0.25) is 0 Å². The van der Waals surface area contributed by atoms with Gasteiger partial charge in [-0.05, 0) is 24.6 Å². The molecule has 0 fully saturated rings. The van der Waals surface area contributed by atoms with E-state index in [0.717, 1.165) is 12.1 Å². The predicted molar refractivity (Wildman–Crippen MR) is 85.1 cm³/mol. The molecule has 2 aromatic rings. The van der Waals surface area contributed by atoms with E-state index in [1.807, 2.05) is 0 Å². The zero-order valence-electron chi connectivity index (χ0n) is 12.7. The third-order valence-electron chi connectivity index (χ3n) is 3.37. The number of hydrogen-bond donors (Lipinski definition) is 2. The Bertz CT molecular complexity index is 897. The molecule has 0 saturated carbocycles. The van der Waals surface area contributed by atoms with Crippen LogP contribution in [0.15, 0.2) is 35.4 Å². The number of nitrogens with zero attached hydrogens (tertiary/aromatic N) is 2. The summed E-state index contributed by atoms with van der Waals surface area (Å²) in [5, 5.41) is 20.2. The number of non-ortho nitro benzene ring substituents is 1. The molecule has 0 bridgehead atoms. The average Bonchev–Trinajstić information content (AvgIpc) is 2.52. The lowest BCUT2D eigenvalue weighted by Gasteiger charge is -2.14. The lowest BCUT2D eigenvalue weighted by Crippen LogP contribution is -2.40. The van der Waals surface area contributed by atoms with Crippen LogP contribution in [0.4, 0.5) is 5.69 Å². The van der Waals surface area contributed by atoms with Crippen molar-refractivity contribution in [1.29, 1.82) is 0 Å². The van der Waals surface area contributed by atoms with Crippen molar-refractivity contribution in [3.8, 4) is 0 Å². The Balaban J connectivity index is 2.57. The number of carboxylic acid groups (broad SMARTS) is 1. The number of aromatic nitrogens is 1. The maximum Gasteiger partial charge on any atom is 0.321 e. The van der Waals surface area contributed by atoms with Crippen molar-refractivity contribution in [3.05, 3.63) is 40.6 Å². The van der Waals surface area contributed by atoms with Gasteiger partial charge in [0.1, 0.15) is 10.9 Å². The van der Waals surface area contributed by atoms with Crippen molar-refractivity contribution in [2.24, 2.45) is 0 Å². The minimum absolute atomic E-state index is 0.0627. The van der Waals surface area contributed by atoms with Gasteiger partial charge in [0, 0.05) is 12.3 Å². The summed E-state index contributed by atoms with van der Waals surface area (Å²) < 4.78 is 27.2. The summed E-state index contributed by atoms with van der Waals surface area (Å²) in [5.41, 5.74) is -0.361. The highest BCUT2D eigenvalue weighted by Crippen LogP contribution is 2.29. The molecule has 9 nitrogen and oxygen atoms in total. The molecule has 0 saturated heterocycles. The zero-order chi connectivity index (χ0) is 17.9. The quantitative estimate of drug-likeness (QED) is 0.570. The van der Waals surface area contributed by atoms with E-state index < -0.39 is 27.0 Å². The molecule has 0 spiro atoms. The second-order valence-electron chi connectivity index (χ2n) is 5.04. The van der Waals surface area contributed by atoms with E-state index in [0.29, 0.717) is 6.42 Å². The summed E-state index contributed by atoms with van der Waals surface area (Å²) >= 11 is 0. The van der Waals surface area contributed by atoms with Gasteiger partial charge < -0.3 is 5.11 Å². The molecule has 0 aliphatic heterocycles. The van der Waals surface area contributed by atoms with Gasteiger partial charge in [0.25, 0.3) is 5.69 Å². The minimum atomic E-state index is -4.21. The third-order valence-corrected chi connectivity index (χ3v) is 4.87. The van der Waals surface area contributed by atoms with Gasteiger partial charge in [0.2, 0.25) is 10.0 Å². The largest absolute Gasteiger partial charge is 0.480 e. The molecular formula is C14H15N3O6S. The summed E-state index contributed by atoms with van der Waals surface area (Å²) in [6, 6.07) is 3.68. The third kappa shape index (κ3) is 3.49. The number of nitrogens with one attached hydrogen (secondary N) is 1. The molecule has 1 unspecified atom stereocenters. The number of pyridine rings is 1. The molecule has 2 rings (SSSR count). The van der Waals surface area contributed by atoms with Crippen molar-refractivity contribution >= 4 is 32.6 Å². The highest BCUT2D eigenvalue weighted by atomic mass is 32.2. The molecule has 1 aromatic carbocycles. The molecule has 1 atom stereocenters. The highest BCUT2D eigenvalue weighted by Gasteiger charge is 2.28. The first-order valence-corrected chi connectivity index (χ1v) is 8.53. The fourth-order valence-electron chi connectivity index (χ4n) is 2.28. The second kappa shape index (κ2) is 6.89. The Hall–Kier alpha value is -2.59. The Labute approximate surface area is 137 Å². The SMILES string of the molecule is CCCC(NS(=O)(=O)c1ccc([N+](=O)[O-])c2cccnc12)C(=O)O. The number of rotatable bonds is 7. The molecule has 0 aliphatic rings. The van der Waals surface area contributed by atoms with E-state index in [9.17, 15) is 23.3 Å². The smallest absolute Gasteiger partial charge is 0.321 e. The number of carboxylic acids is 1. The first kappa shape index (κ1) is 17.8. The van der Waals surface area contributed by atoms with Gasteiger partial charge in [-0.25, -0.2) is 8.42 Å². The predicted octanol–water partition coefficient (Wildman–Crippen LogP) is 1.67. The van der Waals surface area contributed by atoms with E-state index in [2.05, 4.69) is 9.71 Å². The van der Waals surface area contributed by atoms with Crippen molar-refractivity contribution in [1.82, 2.24) is 9.71 Å². The Morgan fingerprint density at radius 1 is 1.42 bits per heavy atom. The number of fused-ring (bicyclic) bond motifs is 1. The Morgan fingerprint density at radius 3 is 2.71 bits per heavy atom. The lowest BCUT2D eigenvalue weighted by molar-refractivity contribution is -0.383. The van der Waals surface area contributed by atoms with E-state index in [1.165, 1.54) is 18.3 Å². The summed E-state index contributed by atoms with van der Waals surface area (Å²) in [5.74, 6) is -1.29. The van der Waals surface area contributed by atoms with Crippen LogP contribution >= 0.6 is 0 Å². The van der Waals surface area contributed by atoms with Crippen LogP contribution in [0, 0.1) is 10.1 Å². The Kier molecular flexibility index (Phi) is 5.10. The van der Waals surface area contributed by atoms with Gasteiger partial charge in [-0.15, -0.1) is 0 Å². The van der Waals surface area contributed by atoms with E-state index in [1.54, 1.807) is 6.92 Å². The number of carbonyl (C=O) groups is 1. The maximum atomic E-state index is 12.5. The van der Waals surface area contributed by atoms with Gasteiger partial charge in [-0.1, -0.05) is 13.3 Å². The van der Waals surface area contributed by atoms with Gasteiger partial charge in [-0.2, -0.15) is 4.72 Å². The molecule has 1 heterocycles. The molecule has 2 N–H and O–H groups in total. The van der Waals surface area contributed by atoms with Crippen LogP contribution in [0.25, 0.3) is 10.9 Å². The van der Waals surface area contributed by atoms with Crippen LogP contribution in [-0.2, 0) is 14.8 Å². The van der Waals surface area contributed by atoms with Gasteiger partial charge in [0.05, 0.1) is 15.8 Å². The molecule has 1 aromatic heterocycles. The van der Waals surface area contributed by atoms with Crippen LogP contribution < -0.4 is 4.72 Å². The van der Waals surface area contributed by atoms with E-state index in [-0.39, 0.29) is 27.9 Å². The van der Waals surface area contributed by atoms with Crippen molar-refractivity contribution < 1.29 is 23.2 Å². The van der Waals surface area contributed by atoms with E-state index >= 15 is 0 Å². The number of aliphatic carboxylic acids is 1. The monoisotopic (exact) mass is 353 g/mol. The molecule has 128 valence electrons. The zero-order valence-corrected chi connectivity index (χ0v) is 13.5.